The lowest BCUT2D eigenvalue weighted by molar-refractivity contribution is -0.127. The van der Waals surface area contributed by atoms with Crippen molar-refractivity contribution in [2.75, 3.05) is 6.54 Å². The first kappa shape index (κ1) is 16.2. The van der Waals surface area contributed by atoms with Crippen molar-refractivity contribution in [2.45, 2.75) is 12.5 Å². The number of halogens is 1. The van der Waals surface area contributed by atoms with Gasteiger partial charge in [0.05, 0.1) is 6.04 Å². The third-order valence-electron chi connectivity index (χ3n) is 4.37. The van der Waals surface area contributed by atoms with E-state index in [1.54, 1.807) is 46.9 Å². The van der Waals surface area contributed by atoms with Gasteiger partial charge in [-0.05, 0) is 47.0 Å². The monoisotopic (exact) mass is 369 g/mol. The van der Waals surface area contributed by atoms with Crippen molar-refractivity contribution in [1.29, 1.82) is 0 Å². The van der Waals surface area contributed by atoms with E-state index in [0.717, 1.165) is 11.3 Å². The van der Waals surface area contributed by atoms with Gasteiger partial charge in [-0.3, -0.25) is 4.79 Å². The van der Waals surface area contributed by atoms with Crippen LogP contribution in [-0.2, 0) is 11.2 Å². The molecule has 0 saturated heterocycles. The third-order valence-corrected chi connectivity index (χ3v) is 6.29. The molecule has 1 atom stereocenters. The Kier molecular flexibility index (Phi) is 4.51. The SMILES string of the molecule is O=C(/C=C/c1ccccc1F)N1CCc2sccc2[C@@H]1c1cccs1. The molecule has 3 heterocycles. The molecule has 0 saturated carbocycles. The summed E-state index contributed by atoms with van der Waals surface area (Å²) in [5, 5.41) is 4.13. The molecule has 0 unspecified atom stereocenters. The van der Waals surface area contributed by atoms with E-state index in [1.165, 1.54) is 22.6 Å². The molecule has 1 aliphatic heterocycles. The van der Waals surface area contributed by atoms with E-state index in [4.69, 9.17) is 0 Å². The fourth-order valence-corrected chi connectivity index (χ4v) is 4.93. The molecule has 0 N–H and O–H groups in total. The second-order valence-electron chi connectivity index (χ2n) is 5.85. The minimum atomic E-state index is -0.319. The molecule has 126 valence electrons. The van der Waals surface area contributed by atoms with Crippen LogP contribution in [0, 0.1) is 5.82 Å². The molecule has 25 heavy (non-hydrogen) atoms. The zero-order valence-electron chi connectivity index (χ0n) is 13.4. The maximum Gasteiger partial charge on any atom is 0.247 e. The largest absolute Gasteiger partial charge is 0.327 e. The predicted molar refractivity (Wildman–Crippen MR) is 101 cm³/mol. The van der Waals surface area contributed by atoms with Crippen LogP contribution in [0.3, 0.4) is 0 Å². The van der Waals surface area contributed by atoms with Gasteiger partial charge in [0.15, 0.2) is 0 Å². The summed E-state index contributed by atoms with van der Waals surface area (Å²) in [7, 11) is 0. The first-order valence-corrected chi connectivity index (χ1v) is 9.83. The highest BCUT2D eigenvalue weighted by atomic mass is 32.1. The van der Waals surface area contributed by atoms with Gasteiger partial charge in [0.2, 0.25) is 5.91 Å². The van der Waals surface area contributed by atoms with E-state index in [2.05, 4.69) is 17.5 Å². The summed E-state index contributed by atoms with van der Waals surface area (Å²) in [6, 6.07) is 12.6. The number of hydrogen-bond acceptors (Lipinski definition) is 3. The van der Waals surface area contributed by atoms with Crippen LogP contribution in [0.15, 0.2) is 59.3 Å². The number of thiophene rings is 2. The summed E-state index contributed by atoms with van der Waals surface area (Å²) in [6.45, 7) is 0.677. The third kappa shape index (κ3) is 3.17. The number of benzene rings is 1. The molecule has 2 nitrogen and oxygen atoms in total. The Labute approximate surface area is 153 Å². The highest BCUT2D eigenvalue weighted by Crippen LogP contribution is 2.39. The Hall–Kier alpha value is -2.24. The Bertz CT molecular complexity index is 913. The second-order valence-corrected chi connectivity index (χ2v) is 7.83. The summed E-state index contributed by atoms with van der Waals surface area (Å²) in [4.78, 5) is 17.2. The number of nitrogens with zero attached hydrogens (tertiary/aromatic N) is 1. The zero-order chi connectivity index (χ0) is 17.2. The van der Waals surface area contributed by atoms with Crippen molar-refractivity contribution >= 4 is 34.7 Å². The van der Waals surface area contributed by atoms with Crippen molar-refractivity contribution in [3.8, 4) is 0 Å². The van der Waals surface area contributed by atoms with E-state index >= 15 is 0 Å². The minimum absolute atomic E-state index is 0.0484. The molecular weight excluding hydrogens is 353 g/mol. The van der Waals surface area contributed by atoms with Crippen molar-refractivity contribution in [3.63, 3.8) is 0 Å². The zero-order valence-corrected chi connectivity index (χ0v) is 15.0. The predicted octanol–water partition coefficient (Wildman–Crippen LogP) is 5.14. The molecule has 0 fully saturated rings. The van der Waals surface area contributed by atoms with E-state index in [1.807, 2.05) is 16.3 Å². The Balaban J connectivity index is 1.64. The lowest BCUT2D eigenvalue weighted by atomic mass is 9.98. The Morgan fingerprint density at radius 3 is 2.80 bits per heavy atom. The van der Waals surface area contributed by atoms with Crippen molar-refractivity contribution in [2.24, 2.45) is 0 Å². The minimum Gasteiger partial charge on any atom is -0.327 e. The highest BCUT2D eigenvalue weighted by molar-refractivity contribution is 7.10. The Morgan fingerprint density at radius 2 is 2.00 bits per heavy atom. The van der Waals surface area contributed by atoms with Crippen molar-refractivity contribution in [1.82, 2.24) is 4.90 Å². The van der Waals surface area contributed by atoms with Gasteiger partial charge < -0.3 is 4.90 Å². The van der Waals surface area contributed by atoms with Crippen LogP contribution in [0.2, 0.25) is 0 Å². The number of hydrogen-bond donors (Lipinski definition) is 0. The summed E-state index contributed by atoms with van der Waals surface area (Å²) < 4.78 is 13.8. The van der Waals surface area contributed by atoms with Crippen LogP contribution in [0.5, 0.6) is 0 Å². The number of amides is 1. The fraction of sp³-hybridized carbons (Fsp3) is 0.150. The molecule has 0 radical (unpaired) electrons. The van der Waals surface area contributed by atoms with Gasteiger partial charge in [-0.2, -0.15) is 0 Å². The summed E-state index contributed by atoms with van der Waals surface area (Å²) >= 11 is 3.41. The lowest BCUT2D eigenvalue weighted by Gasteiger charge is -2.34. The van der Waals surface area contributed by atoms with Crippen LogP contribution in [0.25, 0.3) is 6.08 Å². The first-order valence-electron chi connectivity index (χ1n) is 8.07. The van der Waals surface area contributed by atoms with Gasteiger partial charge in [0, 0.05) is 27.9 Å². The molecule has 0 bridgehead atoms. The summed E-state index contributed by atoms with van der Waals surface area (Å²) in [6.07, 6.45) is 3.91. The number of fused-ring (bicyclic) bond motifs is 1. The topological polar surface area (TPSA) is 20.3 Å². The standard InChI is InChI=1S/C20H16FNOS2/c21-16-5-2-1-4-14(16)7-8-19(23)22-11-9-17-15(10-13-25-17)20(22)18-6-3-12-24-18/h1-8,10,12-13,20H,9,11H2/b8-7+/t20-/m1/s1. The summed E-state index contributed by atoms with van der Waals surface area (Å²) in [5.41, 5.74) is 1.64. The van der Waals surface area contributed by atoms with Crippen LogP contribution in [-0.4, -0.2) is 17.4 Å². The van der Waals surface area contributed by atoms with E-state index in [0.29, 0.717) is 12.1 Å². The van der Waals surface area contributed by atoms with Crippen LogP contribution in [0.1, 0.15) is 26.9 Å². The van der Waals surface area contributed by atoms with E-state index in [9.17, 15) is 9.18 Å². The van der Waals surface area contributed by atoms with Gasteiger partial charge in [-0.15, -0.1) is 22.7 Å². The van der Waals surface area contributed by atoms with Gasteiger partial charge in [-0.25, -0.2) is 4.39 Å². The van der Waals surface area contributed by atoms with Crippen molar-refractivity contribution in [3.05, 3.63) is 86.0 Å². The molecule has 1 aliphatic rings. The van der Waals surface area contributed by atoms with E-state index in [-0.39, 0.29) is 17.8 Å². The average Bonchev–Trinajstić information content (AvgIpc) is 3.31. The maximum absolute atomic E-state index is 13.8. The molecule has 0 aliphatic carbocycles. The smallest absolute Gasteiger partial charge is 0.247 e. The molecule has 1 aromatic carbocycles. The molecule has 5 heteroatoms. The first-order chi connectivity index (χ1) is 12.2. The maximum atomic E-state index is 13.8. The molecule has 0 spiro atoms. The van der Waals surface area contributed by atoms with Gasteiger partial charge in [0.25, 0.3) is 0 Å². The molecule has 2 aromatic heterocycles. The number of carbonyl (C=O) groups is 1. The quantitative estimate of drug-likeness (QED) is 0.586. The van der Waals surface area contributed by atoms with Gasteiger partial charge >= 0.3 is 0 Å². The molecule has 3 aromatic rings. The van der Waals surface area contributed by atoms with Gasteiger partial charge in [-0.1, -0.05) is 24.3 Å². The second kappa shape index (κ2) is 6.94. The summed E-state index contributed by atoms with van der Waals surface area (Å²) in [5.74, 6) is -0.404. The molecular formula is C20H16FNOS2. The molecule has 4 rings (SSSR count). The fourth-order valence-electron chi connectivity index (χ4n) is 3.17. The van der Waals surface area contributed by atoms with Crippen molar-refractivity contribution < 1.29 is 9.18 Å². The number of carbonyl (C=O) groups excluding carboxylic acids is 1. The molecule has 1 amide bonds. The van der Waals surface area contributed by atoms with Gasteiger partial charge in [0.1, 0.15) is 5.82 Å². The highest BCUT2D eigenvalue weighted by Gasteiger charge is 2.32. The van der Waals surface area contributed by atoms with E-state index < -0.39 is 0 Å². The van der Waals surface area contributed by atoms with Crippen LogP contribution < -0.4 is 0 Å². The van der Waals surface area contributed by atoms with Crippen LogP contribution >= 0.6 is 22.7 Å². The normalized spacial score (nSPS) is 17.0. The average molecular weight is 369 g/mol. The number of rotatable bonds is 3. The lowest BCUT2D eigenvalue weighted by Crippen LogP contribution is -2.38. The van der Waals surface area contributed by atoms with Crippen LogP contribution in [0.4, 0.5) is 4.39 Å². The Morgan fingerprint density at radius 1 is 1.12 bits per heavy atom.